The third-order valence-electron chi connectivity index (χ3n) is 6.43. The Hall–Kier alpha value is -4.68. The molecule has 0 radical (unpaired) electrons. The van der Waals surface area contributed by atoms with Gasteiger partial charge in [0.1, 0.15) is 0 Å². The van der Waals surface area contributed by atoms with Crippen molar-refractivity contribution in [1.29, 1.82) is 0 Å². The molecule has 1 aliphatic rings. The molecule has 1 fully saturated rings. The van der Waals surface area contributed by atoms with Gasteiger partial charge in [0.05, 0.1) is 22.8 Å². The summed E-state index contributed by atoms with van der Waals surface area (Å²) in [7, 11) is -4.80. The third-order valence-corrected chi connectivity index (χ3v) is 7.28. The van der Waals surface area contributed by atoms with Crippen LogP contribution in [-0.2, 0) is 35.9 Å². The molecule has 1 saturated heterocycles. The van der Waals surface area contributed by atoms with Crippen molar-refractivity contribution in [3.05, 3.63) is 77.9 Å². The molecule has 2 heterocycles. The fraction of sp³-hybridized carbons (Fsp3) is 0.148. The largest absolute Gasteiger partial charge is 0.512 e. The number of carbonyl (C=O) groups excluding carboxylic acids is 3. The number of aromatic carboxylic acids is 1. The number of aryl methyl sites for hydroxylation is 1. The van der Waals surface area contributed by atoms with Gasteiger partial charge in [-0.1, -0.05) is 52.5 Å². The number of hydrogen-bond acceptors (Lipinski definition) is 7. The van der Waals surface area contributed by atoms with Crippen molar-refractivity contribution in [2.75, 3.05) is 0 Å². The predicted molar refractivity (Wildman–Crippen MR) is 136 cm³/mol. The zero-order valence-electron chi connectivity index (χ0n) is 20.2. The van der Waals surface area contributed by atoms with Crippen LogP contribution >= 0.6 is 0 Å². The number of amides is 2. The van der Waals surface area contributed by atoms with E-state index in [9.17, 15) is 37.3 Å². The third kappa shape index (κ3) is 4.82. The Morgan fingerprint density at radius 3 is 2.18 bits per heavy atom. The van der Waals surface area contributed by atoms with Crippen LogP contribution < -0.4 is 3.97 Å². The lowest BCUT2D eigenvalue weighted by molar-refractivity contribution is -0.458. The first-order chi connectivity index (χ1) is 18.6. The van der Waals surface area contributed by atoms with Gasteiger partial charge in [-0.05, 0) is 29.2 Å². The van der Waals surface area contributed by atoms with E-state index in [1.807, 2.05) is 0 Å². The molecule has 1 aromatic heterocycles. The lowest BCUT2D eigenvalue weighted by atomic mass is 9.94. The van der Waals surface area contributed by atoms with Crippen LogP contribution in [0.5, 0.6) is 0 Å². The van der Waals surface area contributed by atoms with E-state index in [1.54, 1.807) is 48.5 Å². The predicted octanol–water partition coefficient (Wildman–Crippen LogP) is 2.84. The topological polar surface area (TPSA) is 159 Å². The maximum atomic E-state index is 12.4. The van der Waals surface area contributed by atoms with E-state index in [0.29, 0.717) is 20.2 Å². The normalized spacial score (nSPS) is 13.8. The fourth-order valence-electron chi connectivity index (χ4n) is 4.71. The second-order valence-electron chi connectivity index (χ2n) is 8.88. The van der Waals surface area contributed by atoms with Gasteiger partial charge in [0.25, 0.3) is 11.8 Å². The van der Waals surface area contributed by atoms with E-state index in [-0.39, 0.29) is 53.1 Å². The van der Waals surface area contributed by atoms with Crippen molar-refractivity contribution < 1.29 is 46.1 Å². The maximum Gasteiger partial charge on any atom is 0.512 e. The number of carboxylic acid groups (broad SMARTS) is 1. The number of carbonyl (C=O) groups is 4. The monoisotopic (exact) mass is 549 g/mol. The highest BCUT2D eigenvalue weighted by Crippen LogP contribution is 2.34. The molecular weight excluding hydrogens is 528 g/mol. The summed E-state index contributed by atoms with van der Waals surface area (Å²) in [5.74, 6) is -3.12. The molecule has 3 aromatic carbocycles. The smallest absolute Gasteiger partial charge is 0.478 e. The standard InChI is InChI=1S/C27H20N2O9S/c30-22-13-14-23(31)28(22)38-24(32)15-10-16-8-11-17(12-9-16)18-5-3-7-21-25(18)26(27(33)34)19-4-1-2-6-20(19)29(21)39(35,36)37/h1-9,11-12H,10,13-15H2,(H-,33,34,35,36,37)/p+1. The summed E-state index contributed by atoms with van der Waals surface area (Å²) in [4.78, 5) is 52.7. The molecule has 1 aliphatic heterocycles. The van der Waals surface area contributed by atoms with Gasteiger partial charge in [0, 0.05) is 25.0 Å². The molecule has 0 spiro atoms. The molecule has 2 N–H and O–H groups in total. The van der Waals surface area contributed by atoms with Crippen molar-refractivity contribution in [1.82, 2.24) is 5.06 Å². The Morgan fingerprint density at radius 2 is 1.54 bits per heavy atom. The average molecular weight is 550 g/mol. The van der Waals surface area contributed by atoms with Gasteiger partial charge >= 0.3 is 22.2 Å². The first-order valence-electron chi connectivity index (χ1n) is 11.8. The molecule has 11 nitrogen and oxygen atoms in total. The van der Waals surface area contributed by atoms with Crippen molar-refractivity contribution in [3.8, 4) is 11.1 Å². The summed E-state index contributed by atoms with van der Waals surface area (Å²) >= 11 is 0. The summed E-state index contributed by atoms with van der Waals surface area (Å²) in [5.41, 5.74) is 1.61. The quantitative estimate of drug-likeness (QED) is 0.153. The van der Waals surface area contributed by atoms with Crippen molar-refractivity contribution >= 4 is 55.9 Å². The van der Waals surface area contributed by atoms with Gasteiger partial charge in [-0.3, -0.25) is 9.59 Å². The molecule has 0 aliphatic carbocycles. The Kier molecular flexibility index (Phi) is 6.58. The fourth-order valence-corrected chi connectivity index (χ4v) is 5.52. The minimum absolute atomic E-state index is 0.00532. The van der Waals surface area contributed by atoms with Crippen LogP contribution in [0, 0.1) is 0 Å². The van der Waals surface area contributed by atoms with E-state index in [4.69, 9.17) is 4.84 Å². The maximum absolute atomic E-state index is 12.4. The number of benzene rings is 3. The van der Waals surface area contributed by atoms with Gasteiger partial charge in [-0.15, -0.1) is 13.5 Å². The highest BCUT2D eigenvalue weighted by molar-refractivity contribution is 7.79. The molecule has 4 aromatic rings. The van der Waals surface area contributed by atoms with Crippen LogP contribution in [0.2, 0.25) is 0 Å². The molecule has 12 heteroatoms. The Balaban J connectivity index is 1.52. The molecule has 5 rings (SSSR count). The van der Waals surface area contributed by atoms with Crippen molar-refractivity contribution in [3.63, 3.8) is 0 Å². The number of aromatic nitrogens is 1. The molecule has 0 bridgehead atoms. The summed E-state index contributed by atoms with van der Waals surface area (Å²) in [5, 5.41) is 10.9. The number of hydrogen-bond donors (Lipinski definition) is 2. The molecule has 0 saturated carbocycles. The summed E-state index contributed by atoms with van der Waals surface area (Å²) in [6, 6.07) is 17.5. The molecule has 198 valence electrons. The number of hydroxylamine groups is 2. The average Bonchev–Trinajstić information content (AvgIpc) is 3.21. The first kappa shape index (κ1) is 25.9. The minimum atomic E-state index is -4.80. The Labute approximate surface area is 221 Å². The second-order valence-corrected chi connectivity index (χ2v) is 10.1. The number of fused-ring (bicyclic) bond motifs is 2. The van der Waals surface area contributed by atoms with Gasteiger partial charge < -0.3 is 9.94 Å². The van der Waals surface area contributed by atoms with Crippen LogP contribution in [0.1, 0.15) is 35.2 Å². The molecule has 0 unspecified atom stereocenters. The highest BCUT2D eigenvalue weighted by Gasteiger charge is 2.34. The van der Waals surface area contributed by atoms with Crippen molar-refractivity contribution in [2.45, 2.75) is 25.7 Å². The van der Waals surface area contributed by atoms with Gasteiger partial charge in [0.15, 0.2) is 0 Å². The number of imide groups is 1. The number of nitrogens with zero attached hydrogens (tertiary/aromatic N) is 2. The second kappa shape index (κ2) is 9.89. The van der Waals surface area contributed by atoms with E-state index < -0.39 is 34.1 Å². The summed E-state index contributed by atoms with van der Waals surface area (Å²) < 4.78 is 35.6. The zero-order valence-corrected chi connectivity index (χ0v) is 21.1. The molecule has 2 amide bonds. The molecule has 0 atom stereocenters. The van der Waals surface area contributed by atoms with E-state index in [0.717, 1.165) is 5.56 Å². The molecule has 39 heavy (non-hydrogen) atoms. The van der Waals surface area contributed by atoms with Crippen LogP contribution in [0.3, 0.4) is 0 Å². The van der Waals surface area contributed by atoms with Gasteiger partial charge in [0.2, 0.25) is 11.0 Å². The minimum Gasteiger partial charge on any atom is -0.478 e. The first-order valence-corrected chi connectivity index (χ1v) is 13.2. The van der Waals surface area contributed by atoms with Crippen LogP contribution in [0.15, 0.2) is 66.7 Å². The summed E-state index contributed by atoms with van der Waals surface area (Å²) in [6.07, 6.45) is 0.170. The lowest BCUT2D eigenvalue weighted by Gasteiger charge is -2.13. The number of rotatable bonds is 7. The van der Waals surface area contributed by atoms with Gasteiger partial charge in [-0.25, -0.2) is 14.1 Å². The Bertz CT molecular complexity index is 1780. The van der Waals surface area contributed by atoms with Crippen LogP contribution in [0.25, 0.3) is 32.9 Å². The number of pyridine rings is 1. The van der Waals surface area contributed by atoms with E-state index in [2.05, 4.69) is 0 Å². The van der Waals surface area contributed by atoms with Crippen molar-refractivity contribution in [2.24, 2.45) is 0 Å². The van der Waals surface area contributed by atoms with Gasteiger partial charge in [-0.2, -0.15) is 0 Å². The SMILES string of the molecule is O=C(CCc1ccc(-c2cccc3c2c(C(=O)O)c2ccccc2[n+]3S(=O)(=O)O)cc1)ON1C(=O)CCC1=O. The van der Waals surface area contributed by atoms with E-state index in [1.165, 1.54) is 18.2 Å². The molecular formula is C27H21N2O9S+. The van der Waals surface area contributed by atoms with Crippen LogP contribution in [0.4, 0.5) is 0 Å². The number of para-hydroxylation sites is 1. The van der Waals surface area contributed by atoms with Crippen LogP contribution in [-0.4, -0.2) is 46.9 Å². The highest BCUT2D eigenvalue weighted by atomic mass is 32.2. The summed E-state index contributed by atoms with van der Waals surface area (Å²) in [6.45, 7) is 0. The van der Waals surface area contributed by atoms with E-state index >= 15 is 0 Å². The zero-order chi connectivity index (χ0) is 27.9. The number of carboxylic acids is 1. The lowest BCUT2D eigenvalue weighted by Crippen LogP contribution is -2.44. The Morgan fingerprint density at radius 1 is 0.897 bits per heavy atom.